The number of ether oxygens (including phenoxy) is 1. The second kappa shape index (κ2) is 7.33. The van der Waals surface area contributed by atoms with Crippen LogP contribution in [0.3, 0.4) is 0 Å². The van der Waals surface area contributed by atoms with Crippen molar-refractivity contribution in [1.29, 1.82) is 0 Å². The summed E-state index contributed by atoms with van der Waals surface area (Å²) in [5.41, 5.74) is 1.00. The minimum absolute atomic E-state index is 0.185. The molecule has 0 amide bonds. The molecule has 0 fully saturated rings. The minimum Gasteiger partial charge on any atom is -0.481 e. The van der Waals surface area contributed by atoms with Crippen LogP contribution in [0.2, 0.25) is 0 Å². The Labute approximate surface area is 108 Å². The molecule has 0 bridgehead atoms. The molecule has 1 heterocycles. The van der Waals surface area contributed by atoms with Gasteiger partial charge in [-0.15, -0.1) is 0 Å². The number of nitrogens with zero attached hydrogens (tertiary/aromatic N) is 1. The van der Waals surface area contributed by atoms with E-state index in [9.17, 15) is 8.42 Å². The first-order valence-electron chi connectivity index (χ1n) is 5.97. The van der Waals surface area contributed by atoms with E-state index in [2.05, 4.69) is 10.3 Å². The van der Waals surface area contributed by atoms with Crippen LogP contribution in [0.5, 0.6) is 5.88 Å². The van der Waals surface area contributed by atoms with Crippen LogP contribution in [0.1, 0.15) is 18.9 Å². The lowest BCUT2D eigenvalue weighted by Crippen LogP contribution is -2.24. The molecular formula is C12H20N2O3S. The van der Waals surface area contributed by atoms with Gasteiger partial charge in [0.1, 0.15) is 0 Å². The first-order valence-corrected chi connectivity index (χ1v) is 7.79. The highest BCUT2D eigenvalue weighted by Crippen LogP contribution is 2.06. The van der Waals surface area contributed by atoms with E-state index in [0.717, 1.165) is 5.56 Å². The van der Waals surface area contributed by atoms with Gasteiger partial charge in [-0.1, -0.05) is 13.0 Å². The Morgan fingerprint density at radius 3 is 2.67 bits per heavy atom. The fraction of sp³-hybridized carbons (Fsp3) is 0.583. The Balaban J connectivity index is 2.29. The smallest absolute Gasteiger partial charge is 0.212 e. The lowest BCUT2D eigenvalue weighted by atomic mass is 10.3. The van der Waals surface area contributed by atoms with Crippen LogP contribution in [-0.2, 0) is 16.4 Å². The van der Waals surface area contributed by atoms with Crippen molar-refractivity contribution in [2.24, 2.45) is 0 Å². The average molecular weight is 272 g/mol. The number of sulfone groups is 1. The monoisotopic (exact) mass is 272 g/mol. The van der Waals surface area contributed by atoms with E-state index < -0.39 is 9.84 Å². The van der Waals surface area contributed by atoms with Crippen LogP contribution in [0.25, 0.3) is 0 Å². The number of pyridine rings is 1. The maximum atomic E-state index is 11.5. The van der Waals surface area contributed by atoms with Gasteiger partial charge in [-0.05, 0) is 12.0 Å². The Bertz CT molecular complexity index is 443. The maximum Gasteiger partial charge on any atom is 0.212 e. The normalized spacial score (nSPS) is 11.4. The predicted octanol–water partition coefficient (Wildman–Crippen LogP) is 1.00. The molecule has 1 N–H and O–H groups in total. The number of hydrogen-bond acceptors (Lipinski definition) is 5. The van der Waals surface area contributed by atoms with Gasteiger partial charge in [-0.25, -0.2) is 13.4 Å². The Hall–Kier alpha value is -1.14. The zero-order valence-corrected chi connectivity index (χ0v) is 11.7. The average Bonchev–Trinajstić information content (AvgIpc) is 2.35. The summed E-state index contributed by atoms with van der Waals surface area (Å²) in [7, 11) is -1.33. The Morgan fingerprint density at radius 1 is 1.33 bits per heavy atom. The zero-order chi connectivity index (χ0) is 13.4. The summed E-state index contributed by atoms with van der Waals surface area (Å²) in [5, 5.41) is 3.09. The van der Waals surface area contributed by atoms with Crippen molar-refractivity contribution in [2.75, 3.05) is 25.2 Å². The predicted molar refractivity (Wildman–Crippen MR) is 71.4 cm³/mol. The largest absolute Gasteiger partial charge is 0.481 e. The quantitative estimate of drug-likeness (QED) is 0.715. The highest BCUT2D eigenvalue weighted by atomic mass is 32.2. The molecular weight excluding hydrogens is 252 g/mol. The van der Waals surface area contributed by atoms with Crippen LogP contribution in [-0.4, -0.2) is 38.6 Å². The number of methoxy groups -OCH3 is 1. The zero-order valence-electron chi connectivity index (χ0n) is 10.8. The first-order chi connectivity index (χ1) is 8.57. The Morgan fingerprint density at radius 2 is 2.11 bits per heavy atom. The summed E-state index contributed by atoms with van der Waals surface area (Å²) in [4.78, 5) is 4.07. The maximum absolute atomic E-state index is 11.5. The molecule has 0 aliphatic rings. The van der Waals surface area contributed by atoms with E-state index in [-0.39, 0.29) is 11.5 Å². The van der Waals surface area contributed by atoms with Crippen molar-refractivity contribution in [3.05, 3.63) is 23.9 Å². The molecule has 0 saturated carbocycles. The fourth-order valence-corrected chi connectivity index (χ4v) is 2.79. The summed E-state index contributed by atoms with van der Waals surface area (Å²) in [6, 6.07) is 3.68. The van der Waals surface area contributed by atoms with Crippen LogP contribution < -0.4 is 10.1 Å². The Kier molecular flexibility index (Phi) is 6.07. The van der Waals surface area contributed by atoms with Crippen molar-refractivity contribution in [1.82, 2.24) is 10.3 Å². The molecule has 102 valence electrons. The first kappa shape index (κ1) is 14.9. The van der Waals surface area contributed by atoms with E-state index in [1.807, 2.05) is 13.0 Å². The third kappa shape index (κ3) is 5.46. The molecule has 0 radical (unpaired) electrons. The van der Waals surface area contributed by atoms with Crippen LogP contribution in [0.4, 0.5) is 0 Å². The SMILES string of the molecule is CCCS(=O)(=O)CCNCc1ccc(OC)nc1. The third-order valence-corrected chi connectivity index (χ3v) is 4.30. The molecule has 0 saturated heterocycles. The minimum atomic E-state index is -2.89. The van der Waals surface area contributed by atoms with Crippen molar-refractivity contribution >= 4 is 9.84 Å². The number of aromatic nitrogens is 1. The number of hydrogen-bond donors (Lipinski definition) is 1. The fourth-order valence-electron chi connectivity index (χ4n) is 1.51. The van der Waals surface area contributed by atoms with Gasteiger partial charge >= 0.3 is 0 Å². The molecule has 1 aromatic rings. The second-order valence-electron chi connectivity index (χ2n) is 4.04. The molecule has 0 atom stereocenters. The number of nitrogens with one attached hydrogen (secondary N) is 1. The molecule has 0 unspecified atom stereocenters. The van der Waals surface area contributed by atoms with E-state index in [4.69, 9.17) is 4.74 Å². The molecule has 5 nitrogen and oxygen atoms in total. The van der Waals surface area contributed by atoms with Gasteiger partial charge < -0.3 is 10.1 Å². The summed E-state index contributed by atoms with van der Waals surface area (Å²) < 4.78 is 27.9. The van der Waals surface area contributed by atoms with Crippen molar-refractivity contribution in [2.45, 2.75) is 19.9 Å². The summed E-state index contributed by atoms with van der Waals surface area (Å²) in [6.07, 6.45) is 2.39. The molecule has 0 aliphatic heterocycles. The molecule has 1 rings (SSSR count). The van der Waals surface area contributed by atoms with E-state index >= 15 is 0 Å². The summed E-state index contributed by atoms with van der Waals surface area (Å²) in [5.74, 6) is 1.02. The molecule has 6 heteroatoms. The van der Waals surface area contributed by atoms with E-state index in [1.54, 1.807) is 19.4 Å². The molecule has 0 aromatic carbocycles. The summed E-state index contributed by atoms with van der Waals surface area (Å²) in [6.45, 7) is 2.95. The van der Waals surface area contributed by atoms with Crippen LogP contribution in [0.15, 0.2) is 18.3 Å². The van der Waals surface area contributed by atoms with E-state index in [1.165, 1.54) is 0 Å². The van der Waals surface area contributed by atoms with Gasteiger partial charge in [0.15, 0.2) is 9.84 Å². The van der Waals surface area contributed by atoms with Crippen LogP contribution >= 0.6 is 0 Å². The van der Waals surface area contributed by atoms with Crippen LogP contribution in [0, 0.1) is 0 Å². The van der Waals surface area contributed by atoms with E-state index in [0.29, 0.717) is 25.4 Å². The van der Waals surface area contributed by atoms with Gasteiger partial charge in [0, 0.05) is 31.1 Å². The highest BCUT2D eigenvalue weighted by molar-refractivity contribution is 7.91. The second-order valence-corrected chi connectivity index (χ2v) is 6.34. The van der Waals surface area contributed by atoms with Gasteiger partial charge in [-0.3, -0.25) is 0 Å². The molecule has 1 aromatic heterocycles. The standard InChI is InChI=1S/C12H20N2O3S/c1-3-7-18(15,16)8-6-13-9-11-4-5-12(17-2)14-10-11/h4-5,10,13H,3,6-9H2,1-2H3. The summed E-state index contributed by atoms with van der Waals surface area (Å²) >= 11 is 0. The lowest BCUT2D eigenvalue weighted by molar-refractivity contribution is 0.397. The van der Waals surface area contributed by atoms with Gasteiger partial charge in [0.25, 0.3) is 0 Å². The highest BCUT2D eigenvalue weighted by Gasteiger charge is 2.08. The lowest BCUT2D eigenvalue weighted by Gasteiger charge is -2.06. The van der Waals surface area contributed by atoms with Crippen molar-refractivity contribution in [3.8, 4) is 5.88 Å². The van der Waals surface area contributed by atoms with Crippen molar-refractivity contribution < 1.29 is 13.2 Å². The third-order valence-electron chi connectivity index (χ3n) is 2.44. The topological polar surface area (TPSA) is 68.3 Å². The van der Waals surface area contributed by atoms with Gasteiger partial charge in [-0.2, -0.15) is 0 Å². The molecule has 0 aliphatic carbocycles. The van der Waals surface area contributed by atoms with Crippen molar-refractivity contribution in [3.63, 3.8) is 0 Å². The molecule has 18 heavy (non-hydrogen) atoms. The molecule has 0 spiro atoms. The van der Waals surface area contributed by atoms with Gasteiger partial charge in [0.05, 0.1) is 12.9 Å². The van der Waals surface area contributed by atoms with Gasteiger partial charge in [0.2, 0.25) is 5.88 Å². The number of rotatable bonds is 8.